The Morgan fingerprint density at radius 1 is 0.362 bits per heavy atom. The molecule has 0 aromatic heterocycles. The minimum Gasteiger partial charge on any atom is -0.207 e. The second kappa shape index (κ2) is 32.6. The lowest BCUT2D eigenvalue weighted by atomic mass is 10.1. The molecule has 0 radical (unpaired) electrons. The van der Waals surface area contributed by atoms with Crippen LogP contribution in [0.15, 0.2) is 133 Å². The van der Waals surface area contributed by atoms with Crippen molar-refractivity contribution in [1.82, 2.24) is 0 Å². The lowest BCUT2D eigenvalue weighted by Gasteiger charge is -1.98. The molecule has 0 N–H and O–H groups in total. The van der Waals surface area contributed by atoms with Gasteiger partial charge in [-0.05, 0) is 123 Å². The molecule has 0 aliphatic heterocycles. The molecule has 0 saturated heterocycles. The molecule has 6 aromatic carbocycles. The summed E-state index contributed by atoms with van der Waals surface area (Å²) in [5, 5.41) is 1.42. The van der Waals surface area contributed by atoms with Crippen LogP contribution in [-0.4, -0.2) is 0 Å². The third-order valence-corrected chi connectivity index (χ3v) is 8.82. The molecule has 0 unspecified atom stereocenters. The molecule has 0 bridgehead atoms. The fourth-order valence-corrected chi connectivity index (χ4v) is 5.43. The van der Waals surface area contributed by atoms with Crippen LogP contribution in [0, 0.1) is 37.1 Å². The van der Waals surface area contributed by atoms with Crippen molar-refractivity contribution in [1.29, 1.82) is 0 Å². The molecular formula is C52H66Cl2F4. The fourth-order valence-electron chi connectivity index (χ4n) is 4.86. The molecule has 6 heteroatoms. The van der Waals surface area contributed by atoms with Crippen molar-refractivity contribution < 1.29 is 17.6 Å². The number of benzene rings is 6. The van der Waals surface area contributed by atoms with Gasteiger partial charge in [0, 0.05) is 21.7 Å². The van der Waals surface area contributed by atoms with Gasteiger partial charge < -0.3 is 0 Å². The number of halogens is 6. The lowest BCUT2D eigenvalue weighted by Crippen LogP contribution is -1.91. The Labute approximate surface area is 359 Å². The maximum Gasteiger partial charge on any atom is 0.129 e. The van der Waals surface area contributed by atoms with Crippen LogP contribution < -0.4 is 0 Å². The molecule has 0 aliphatic rings. The molecule has 316 valence electrons. The van der Waals surface area contributed by atoms with Crippen LogP contribution in [0.2, 0.25) is 10.0 Å². The second-order valence-electron chi connectivity index (χ2n) is 12.8. The van der Waals surface area contributed by atoms with Gasteiger partial charge in [0.25, 0.3) is 0 Å². The smallest absolute Gasteiger partial charge is 0.129 e. The van der Waals surface area contributed by atoms with Crippen LogP contribution in [0.3, 0.4) is 0 Å². The van der Waals surface area contributed by atoms with E-state index < -0.39 is 23.3 Å². The van der Waals surface area contributed by atoms with Crippen LogP contribution in [0.4, 0.5) is 17.6 Å². The number of hydrogen-bond donors (Lipinski definition) is 0. The summed E-state index contributed by atoms with van der Waals surface area (Å²) in [5.74, 6) is -1.92. The first-order chi connectivity index (χ1) is 26.8. The van der Waals surface area contributed by atoms with E-state index in [4.69, 9.17) is 23.2 Å². The molecule has 0 nitrogen and oxygen atoms in total. The van der Waals surface area contributed by atoms with E-state index in [1.165, 1.54) is 63.7 Å². The Bertz CT molecular complexity index is 1770. The quantitative estimate of drug-likeness (QED) is 0.147. The Hall–Kier alpha value is -4.38. The van der Waals surface area contributed by atoms with Crippen LogP contribution >= 0.6 is 23.2 Å². The van der Waals surface area contributed by atoms with E-state index in [0.29, 0.717) is 28.5 Å². The predicted molar refractivity (Wildman–Crippen MR) is 248 cm³/mol. The van der Waals surface area contributed by atoms with Gasteiger partial charge in [-0.3, -0.25) is 0 Å². The SMILES string of the molecule is C.C.CCc1c(F)cccc1F.CCc1cc(Cl)cc(Cl)c1.CCc1cc(F)cc(F)c1.CCc1ccc(C)cc1.CCc1ccc(C)cc1.CCc1ccccc1. The van der Waals surface area contributed by atoms with Crippen LogP contribution in [-0.2, 0) is 38.5 Å². The normalized spacial score (nSPS) is 9.34. The zero-order valence-corrected chi connectivity index (χ0v) is 35.7. The Kier molecular flexibility index (Phi) is 31.3. The molecule has 0 atom stereocenters. The van der Waals surface area contributed by atoms with Crippen molar-refractivity contribution >= 4 is 23.2 Å². The Balaban J connectivity index is 0. The zero-order valence-electron chi connectivity index (χ0n) is 34.2. The van der Waals surface area contributed by atoms with Gasteiger partial charge in [-0.15, -0.1) is 0 Å². The molecule has 6 aromatic rings. The minimum absolute atomic E-state index is 0. The summed E-state index contributed by atoms with van der Waals surface area (Å²) in [6.07, 6.45) is 5.45. The fraction of sp³-hybridized carbons (Fsp3) is 0.308. The number of rotatable bonds is 6. The molecule has 0 spiro atoms. The summed E-state index contributed by atoms with van der Waals surface area (Å²) >= 11 is 11.5. The monoisotopic (exact) mass is 836 g/mol. The summed E-state index contributed by atoms with van der Waals surface area (Å²) in [4.78, 5) is 0. The van der Waals surface area contributed by atoms with E-state index in [-0.39, 0.29) is 20.4 Å². The third-order valence-electron chi connectivity index (χ3n) is 8.39. The Morgan fingerprint density at radius 3 is 1.02 bits per heavy atom. The van der Waals surface area contributed by atoms with Gasteiger partial charge in [0.1, 0.15) is 23.3 Å². The highest BCUT2D eigenvalue weighted by molar-refractivity contribution is 6.34. The first kappa shape index (κ1) is 55.7. The Morgan fingerprint density at radius 2 is 0.707 bits per heavy atom. The maximum absolute atomic E-state index is 12.6. The van der Waals surface area contributed by atoms with E-state index in [1.807, 2.05) is 25.1 Å². The first-order valence-electron chi connectivity index (χ1n) is 19.3. The standard InChI is InChI=1S/2C9H12.C8H8Cl2.2C8H8F2.C8H10.2CH4/c2*1-3-9-6-4-8(2)5-7-9;2*1-2-6-3-7(9)5-8(10)4-6;1-2-6-7(9)4-3-5-8(6)10;1-2-8-6-4-3-5-7-8;;/h2*4-7H,3H2,1-2H3;3*3-5H,2H2,1H3;3-7H,2H2,1H3;2*1H4. The van der Waals surface area contributed by atoms with Gasteiger partial charge in [0.05, 0.1) is 0 Å². The van der Waals surface area contributed by atoms with Crippen molar-refractivity contribution in [2.45, 2.75) is 109 Å². The average Bonchev–Trinajstić information content (AvgIpc) is 3.19. The molecule has 6 rings (SSSR count). The summed E-state index contributed by atoms with van der Waals surface area (Å²) in [6, 6.07) is 40.8. The van der Waals surface area contributed by atoms with Crippen molar-refractivity contribution in [2.24, 2.45) is 0 Å². The first-order valence-corrected chi connectivity index (χ1v) is 20.0. The highest BCUT2D eigenvalue weighted by Crippen LogP contribution is 2.19. The van der Waals surface area contributed by atoms with Crippen molar-refractivity contribution in [3.05, 3.63) is 211 Å². The summed E-state index contributed by atoms with van der Waals surface area (Å²) in [7, 11) is 0. The van der Waals surface area contributed by atoms with E-state index in [9.17, 15) is 17.6 Å². The summed E-state index contributed by atoms with van der Waals surface area (Å²) in [6.45, 7) is 16.4. The van der Waals surface area contributed by atoms with Gasteiger partial charge in [0.15, 0.2) is 0 Å². The molecular weight excluding hydrogens is 771 g/mol. The molecule has 0 aliphatic carbocycles. The summed E-state index contributed by atoms with van der Waals surface area (Å²) in [5.41, 5.74) is 8.96. The van der Waals surface area contributed by atoms with Gasteiger partial charge in [0.2, 0.25) is 0 Å². The largest absolute Gasteiger partial charge is 0.207 e. The van der Waals surface area contributed by atoms with Gasteiger partial charge in [-0.25, -0.2) is 17.6 Å². The van der Waals surface area contributed by atoms with Crippen LogP contribution in [0.25, 0.3) is 0 Å². The zero-order chi connectivity index (χ0) is 41.9. The van der Waals surface area contributed by atoms with Crippen molar-refractivity contribution in [2.75, 3.05) is 0 Å². The molecule has 58 heavy (non-hydrogen) atoms. The van der Waals surface area contributed by atoms with Gasteiger partial charge in [-0.2, -0.15) is 0 Å². The van der Waals surface area contributed by atoms with E-state index in [2.05, 4.69) is 114 Å². The second-order valence-corrected chi connectivity index (χ2v) is 13.7. The number of hydrogen-bond acceptors (Lipinski definition) is 0. The molecule has 0 heterocycles. The lowest BCUT2D eigenvalue weighted by molar-refractivity contribution is 0.559. The summed E-state index contributed by atoms with van der Waals surface area (Å²) < 4.78 is 50.0. The molecule has 0 fully saturated rings. The highest BCUT2D eigenvalue weighted by Gasteiger charge is 2.03. The van der Waals surface area contributed by atoms with Crippen LogP contribution in [0.1, 0.15) is 101 Å². The third kappa shape index (κ3) is 24.4. The predicted octanol–water partition coefficient (Wildman–Crippen LogP) is 17.2. The van der Waals surface area contributed by atoms with Gasteiger partial charge >= 0.3 is 0 Å². The van der Waals surface area contributed by atoms with Crippen molar-refractivity contribution in [3.8, 4) is 0 Å². The minimum atomic E-state index is -0.503. The van der Waals surface area contributed by atoms with E-state index in [0.717, 1.165) is 31.7 Å². The maximum atomic E-state index is 12.6. The van der Waals surface area contributed by atoms with E-state index >= 15 is 0 Å². The molecule has 0 amide bonds. The van der Waals surface area contributed by atoms with Gasteiger partial charge in [-0.1, -0.05) is 176 Å². The molecule has 0 saturated carbocycles. The highest BCUT2D eigenvalue weighted by atomic mass is 35.5. The topological polar surface area (TPSA) is 0 Å². The average molecular weight is 838 g/mol. The van der Waals surface area contributed by atoms with Crippen LogP contribution in [0.5, 0.6) is 0 Å². The van der Waals surface area contributed by atoms with Crippen molar-refractivity contribution in [3.63, 3.8) is 0 Å². The number of aryl methyl sites for hydroxylation is 7. The van der Waals surface area contributed by atoms with E-state index in [1.54, 1.807) is 13.0 Å².